The molecule has 0 rings (SSSR count). The first-order valence-electron chi connectivity index (χ1n) is 6.98. The average Bonchev–Trinajstić information content (AvgIpc) is 2.27. The largest absolute Gasteiger partial charge is 0.420 e. The fourth-order valence-corrected chi connectivity index (χ4v) is 4.42. The normalized spacial score (nSPS) is 16.9. The Morgan fingerprint density at radius 3 is 1.41 bits per heavy atom. The van der Waals surface area contributed by atoms with Gasteiger partial charge in [-0.25, -0.2) is 0 Å². The van der Waals surface area contributed by atoms with Gasteiger partial charge in [-0.2, -0.15) is 0 Å². The summed E-state index contributed by atoms with van der Waals surface area (Å²) in [6.07, 6.45) is 3.10. The number of hydrogen-bond acceptors (Lipinski definition) is 3. The second-order valence-electron chi connectivity index (χ2n) is 5.14. The lowest BCUT2D eigenvalue weighted by Crippen LogP contribution is -2.46. The van der Waals surface area contributed by atoms with Crippen LogP contribution in [0.15, 0.2) is 0 Å². The Bertz CT molecular complexity index is 162. The molecule has 3 nitrogen and oxygen atoms in total. The third-order valence-electron chi connectivity index (χ3n) is 2.72. The summed E-state index contributed by atoms with van der Waals surface area (Å²) in [4.78, 5) is 0. The van der Waals surface area contributed by atoms with Crippen LogP contribution in [0.25, 0.3) is 0 Å². The van der Waals surface area contributed by atoms with Gasteiger partial charge >= 0.3 is 0 Å². The van der Waals surface area contributed by atoms with Crippen LogP contribution in [-0.2, 0) is 8.85 Å². The molecule has 104 valence electrons. The fourth-order valence-electron chi connectivity index (χ4n) is 1.52. The minimum Gasteiger partial charge on any atom is -0.420 e. The standard InChI is InChI=1S/C12H31NO2Si2/c1-7-11(16-14-9(3)4)13-12(8-2)17-15-10(5)6/h9-13H,7-8,16-17H2,1-6H3. The summed E-state index contributed by atoms with van der Waals surface area (Å²) in [5, 5.41) is 3.74. The van der Waals surface area contributed by atoms with E-state index in [0.717, 1.165) is 0 Å². The molecule has 5 heteroatoms. The first-order chi connectivity index (χ1) is 7.99. The summed E-state index contributed by atoms with van der Waals surface area (Å²) in [6, 6.07) is 0. The van der Waals surface area contributed by atoms with Crippen molar-refractivity contribution in [3.05, 3.63) is 0 Å². The van der Waals surface area contributed by atoms with Crippen LogP contribution in [0.5, 0.6) is 0 Å². The zero-order valence-corrected chi connectivity index (χ0v) is 15.3. The van der Waals surface area contributed by atoms with E-state index in [2.05, 4.69) is 46.9 Å². The molecule has 2 unspecified atom stereocenters. The zero-order chi connectivity index (χ0) is 13.3. The third kappa shape index (κ3) is 9.97. The van der Waals surface area contributed by atoms with Crippen molar-refractivity contribution in [2.75, 3.05) is 0 Å². The van der Waals surface area contributed by atoms with Crippen molar-refractivity contribution in [3.8, 4) is 0 Å². The molecular formula is C12H31NO2Si2. The second-order valence-corrected chi connectivity index (χ2v) is 8.45. The van der Waals surface area contributed by atoms with Crippen LogP contribution in [0.1, 0.15) is 54.4 Å². The summed E-state index contributed by atoms with van der Waals surface area (Å²) in [5.74, 6) is 0. The maximum absolute atomic E-state index is 5.82. The lowest BCUT2D eigenvalue weighted by Gasteiger charge is -2.25. The van der Waals surface area contributed by atoms with Crippen molar-refractivity contribution in [3.63, 3.8) is 0 Å². The van der Waals surface area contributed by atoms with E-state index in [1.54, 1.807) is 0 Å². The molecule has 2 atom stereocenters. The molecule has 17 heavy (non-hydrogen) atoms. The molecule has 0 aromatic carbocycles. The minimum atomic E-state index is -0.455. The van der Waals surface area contributed by atoms with Crippen LogP contribution >= 0.6 is 0 Å². The Hall–Kier alpha value is 0.314. The van der Waals surface area contributed by atoms with Crippen molar-refractivity contribution in [1.29, 1.82) is 0 Å². The Kier molecular flexibility index (Phi) is 10.4. The highest BCUT2D eigenvalue weighted by atomic mass is 28.2. The summed E-state index contributed by atoms with van der Waals surface area (Å²) >= 11 is 0. The average molecular weight is 278 g/mol. The van der Waals surface area contributed by atoms with E-state index in [4.69, 9.17) is 8.85 Å². The van der Waals surface area contributed by atoms with Crippen LogP contribution in [0.2, 0.25) is 0 Å². The minimum absolute atomic E-state index is 0.377. The molecule has 0 bridgehead atoms. The van der Waals surface area contributed by atoms with Crippen molar-refractivity contribution < 1.29 is 8.85 Å². The van der Waals surface area contributed by atoms with Crippen LogP contribution in [0.3, 0.4) is 0 Å². The molecule has 0 aromatic rings. The number of hydrogen-bond donors (Lipinski definition) is 1. The second kappa shape index (κ2) is 10.3. The van der Waals surface area contributed by atoms with Crippen molar-refractivity contribution in [1.82, 2.24) is 5.32 Å². The Morgan fingerprint density at radius 2 is 1.18 bits per heavy atom. The van der Waals surface area contributed by atoms with E-state index < -0.39 is 19.5 Å². The SMILES string of the molecule is CCC(NC(CC)[SiH2]OC(C)C)[SiH2]OC(C)C. The highest BCUT2D eigenvalue weighted by Crippen LogP contribution is 1.99. The van der Waals surface area contributed by atoms with Gasteiger partial charge in [-0.15, -0.1) is 0 Å². The van der Waals surface area contributed by atoms with E-state index in [1.807, 2.05) is 0 Å². The van der Waals surface area contributed by atoms with Gasteiger partial charge in [-0.1, -0.05) is 13.8 Å². The maximum atomic E-state index is 5.82. The van der Waals surface area contributed by atoms with Gasteiger partial charge < -0.3 is 14.2 Å². The molecule has 0 radical (unpaired) electrons. The molecule has 0 aliphatic carbocycles. The highest BCUT2D eigenvalue weighted by Gasteiger charge is 2.15. The quantitative estimate of drug-likeness (QED) is 0.606. The Labute approximate surface area is 112 Å². The summed E-state index contributed by atoms with van der Waals surface area (Å²) < 4.78 is 11.6. The summed E-state index contributed by atoms with van der Waals surface area (Å²) in [5.41, 5.74) is 1.20. The molecule has 0 aliphatic heterocycles. The predicted molar refractivity (Wildman–Crippen MR) is 80.8 cm³/mol. The van der Waals surface area contributed by atoms with Crippen LogP contribution < -0.4 is 5.32 Å². The van der Waals surface area contributed by atoms with E-state index in [1.165, 1.54) is 12.8 Å². The maximum Gasteiger partial charge on any atom is 0.178 e. The number of rotatable bonds is 10. The van der Waals surface area contributed by atoms with Crippen molar-refractivity contribution >= 4 is 19.5 Å². The molecule has 0 amide bonds. The third-order valence-corrected chi connectivity index (χ3v) is 6.87. The van der Waals surface area contributed by atoms with Gasteiger partial charge in [0.15, 0.2) is 19.5 Å². The molecule has 1 N–H and O–H groups in total. The lowest BCUT2D eigenvalue weighted by molar-refractivity contribution is 0.239. The Morgan fingerprint density at radius 1 is 0.824 bits per heavy atom. The van der Waals surface area contributed by atoms with Gasteiger partial charge in [0, 0.05) is 23.5 Å². The lowest BCUT2D eigenvalue weighted by atomic mass is 10.4. The Balaban J connectivity index is 3.94. The van der Waals surface area contributed by atoms with Crippen LogP contribution in [0.4, 0.5) is 0 Å². The van der Waals surface area contributed by atoms with Gasteiger partial charge in [-0.05, 0) is 40.5 Å². The number of nitrogens with one attached hydrogen (secondary N) is 1. The summed E-state index contributed by atoms with van der Waals surface area (Å²) in [7, 11) is -0.910. The highest BCUT2D eigenvalue weighted by molar-refractivity contribution is 6.32. The van der Waals surface area contributed by atoms with Crippen LogP contribution in [-0.4, -0.2) is 43.1 Å². The van der Waals surface area contributed by atoms with Crippen molar-refractivity contribution in [2.45, 2.75) is 77.9 Å². The summed E-state index contributed by atoms with van der Waals surface area (Å²) in [6.45, 7) is 13.0. The van der Waals surface area contributed by atoms with E-state index >= 15 is 0 Å². The molecule has 0 saturated carbocycles. The van der Waals surface area contributed by atoms with Gasteiger partial charge in [0.25, 0.3) is 0 Å². The predicted octanol–water partition coefficient (Wildman–Crippen LogP) is 1.07. The van der Waals surface area contributed by atoms with Crippen molar-refractivity contribution in [2.24, 2.45) is 0 Å². The van der Waals surface area contributed by atoms with E-state index in [-0.39, 0.29) is 0 Å². The molecule has 0 fully saturated rings. The van der Waals surface area contributed by atoms with Gasteiger partial charge in [0.1, 0.15) is 0 Å². The van der Waals surface area contributed by atoms with Crippen LogP contribution in [0, 0.1) is 0 Å². The van der Waals surface area contributed by atoms with E-state index in [0.29, 0.717) is 23.5 Å². The van der Waals surface area contributed by atoms with E-state index in [9.17, 15) is 0 Å². The molecular weight excluding hydrogens is 246 g/mol. The molecule has 0 aliphatic rings. The smallest absolute Gasteiger partial charge is 0.178 e. The zero-order valence-electron chi connectivity index (χ0n) is 12.5. The first-order valence-corrected chi connectivity index (χ1v) is 9.77. The van der Waals surface area contributed by atoms with Gasteiger partial charge in [-0.3, -0.25) is 0 Å². The molecule has 0 spiro atoms. The monoisotopic (exact) mass is 277 g/mol. The first kappa shape index (κ1) is 17.3. The molecule has 0 aromatic heterocycles. The fraction of sp³-hybridized carbons (Fsp3) is 1.00. The van der Waals surface area contributed by atoms with Gasteiger partial charge in [0.2, 0.25) is 0 Å². The molecule has 0 heterocycles. The van der Waals surface area contributed by atoms with Gasteiger partial charge in [0.05, 0.1) is 0 Å². The molecule has 0 saturated heterocycles. The topological polar surface area (TPSA) is 30.5 Å².